The molecule has 35 heavy (non-hydrogen) atoms. The number of nitrogens with two attached hydrogens (primary N) is 1. The second-order valence-corrected chi connectivity index (χ2v) is 9.99. The highest BCUT2D eigenvalue weighted by Crippen LogP contribution is 2.51. The Morgan fingerprint density at radius 1 is 0.914 bits per heavy atom. The third-order valence-corrected chi connectivity index (χ3v) is 8.12. The van der Waals surface area contributed by atoms with E-state index in [9.17, 15) is 13.6 Å². The summed E-state index contributed by atoms with van der Waals surface area (Å²) in [5.74, 6) is 0.308. The van der Waals surface area contributed by atoms with Crippen LogP contribution in [-0.4, -0.2) is 22.1 Å². The molecule has 7 heteroatoms. The van der Waals surface area contributed by atoms with E-state index in [0.717, 1.165) is 69.7 Å². The average molecular weight is 482 g/mol. The molecule has 5 nitrogen and oxygen atoms in total. The number of fused-ring (bicyclic) bond motifs is 1. The van der Waals surface area contributed by atoms with Gasteiger partial charge in [-0.25, -0.2) is 4.98 Å². The fraction of sp³-hybridized carbons (Fsp3) is 0.500. The highest BCUT2D eigenvalue weighted by molar-refractivity contribution is 5.90. The molecule has 2 fully saturated rings. The van der Waals surface area contributed by atoms with E-state index < -0.39 is 12.2 Å². The molecule has 0 radical (unpaired) electrons. The molecule has 5 rings (SSSR count). The van der Waals surface area contributed by atoms with E-state index in [-0.39, 0.29) is 23.5 Å². The normalized spacial score (nSPS) is 18.3. The lowest BCUT2D eigenvalue weighted by molar-refractivity contribution is -0.135. The van der Waals surface area contributed by atoms with Gasteiger partial charge in [-0.1, -0.05) is 62.8 Å². The van der Waals surface area contributed by atoms with Gasteiger partial charge in [-0.2, -0.15) is 8.78 Å². The highest BCUT2D eigenvalue weighted by atomic mass is 19.3. The molecule has 1 heterocycles. The fourth-order valence-corrected chi connectivity index (χ4v) is 6.73. The molecule has 0 saturated heterocycles. The Labute approximate surface area is 204 Å². The number of imidazole rings is 1. The summed E-state index contributed by atoms with van der Waals surface area (Å²) >= 11 is 0. The monoisotopic (exact) mass is 481 g/mol. The van der Waals surface area contributed by atoms with Gasteiger partial charge in [0.2, 0.25) is 5.91 Å². The predicted molar refractivity (Wildman–Crippen MR) is 132 cm³/mol. The molecule has 1 aromatic heterocycles. The zero-order valence-corrected chi connectivity index (χ0v) is 20.0. The minimum Gasteiger partial charge on any atom is -0.434 e. The molecule has 0 atom stereocenters. The van der Waals surface area contributed by atoms with Crippen LogP contribution in [0, 0.1) is 11.8 Å². The average Bonchev–Trinajstić information content (AvgIpc) is 3.25. The summed E-state index contributed by atoms with van der Waals surface area (Å²) in [5, 5.41) is 0. The number of primary amides is 1. The summed E-state index contributed by atoms with van der Waals surface area (Å²) in [6.45, 7) is -2.97. The van der Waals surface area contributed by atoms with E-state index in [1.165, 1.54) is 6.07 Å². The predicted octanol–water partition coefficient (Wildman–Crippen LogP) is 6.65. The van der Waals surface area contributed by atoms with Gasteiger partial charge in [0.1, 0.15) is 17.1 Å². The zero-order valence-electron chi connectivity index (χ0n) is 20.0. The van der Waals surface area contributed by atoms with Gasteiger partial charge < -0.3 is 15.0 Å². The summed E-state index contributed by atoms with van der Waals surface area (Å²) < 4.78 is 33.6. The van der Waals surface area contributed by atoms with Crippen LogP contribution in [0.25, 0.3) is 22.4 Å². The molecule has 2 aliphatic carbocycles. The van der Waals surface area contributed by atoms with E-state index in [4.69, 9.17) is 15.5 Å². The van der Waals surface area contributed by atoms with Gasteiger partial charge in [0.15, 0.2) is 0 Å². The van der Waals surface area contributed by atoms with Crippen molar-refractivity contribution in [1.29, 1.82) is 0 Å². The lowest BCUT2D eigenvalue weighted by Crippen LogP contribution is -2.58. The van der Waals surface area contributed by atoms with Crippen molar-refractivity contribution < 1.29 is 18.3 Å². The van der Waals surface area contributed by atoms with Crippen molar-refractivity contribution in [1.82, 2.24) is 9.55 Å². The number of nitrogens with zero attached hydrogens (tertiary/aromatic N) is 2. The van der Waals surface area contributed by atoms with Crippen LogP contribution in [0.15, 0.2) is 48.5 Å². The fourth-order valence-electron chi connectivity index (χ4n) is 6.73. The molecular weight excluding hydrogens is 448 g/mol. The first-order valence-corrected chi connectivity index (χ1v) is 12.9. The van der Waals surface area contributed by atoms with Crippen LogP contribution in [0.3, 0.4) is 0 Å². The quantitative estimate of drug-likeness (QED) is 0.411. The Bertz CT molecular complexity index is 1160. The van der Waals surface area contributed by atoms with Gasteiger partial charge in [0.05, 0.1) is 16.6 Å². The Kier molecular flexibility index (Phi) is 6.76. The van der Waals surface area contributed by atoms with Gasteiger partial charge in [-0.3, -0.25) is 4.79 Å². The third kappa shape index (κ3) is 4.19. The van der Waals surface area contributed by atoms with Crippen LogP contribution in [0.2, 0.25) is 0 Å². The Balaban J connectivity index is 1.83. The van der Waals surface area contributed by atoms with E-state index >= 15 is 0 Å². The highest BCUT2D eigenvalue weighted by Gasteiger charge is 2.53. The second kappa shape index (κ2) is 9.96. The van der Waals surface area contributed by atoms with E-state index in [1.807, 2.05) is 28.8 Å². The van der Waals surface area contributed by atoms with Gasteiger partial charge in [0.25, 0.3) is 0 Å². The number of aromatic nitrogens is 2. The Hall–Kier alpha value is -2.96. The van der Waals surface area contributed by atoms with Gasteiger partial charge in [0, 0.05) is 0 Å². The third-order valence-electron chi connectivity index (χ3n) is 8.12. The lowest BCUT2D eigenvalue weighted by atomic mass is 9.63. The number of benzene rings is 2. The summed E-state index contributed by atoms with van der Waals surface area (Å²) in [7, 11) is 0. The van der Waals surface area contributed by atoms with E-state index in [0.29, 0.717) is 16.9 Å². The molecule has 0 bridgehead atoms. The lowest BCUT2D eigenvalue weighted by Gasteiger charge is -2.48. The molecule has 2 saturated carbocycles. The van der Waals surface area contributed by atoms with E-state index in [1.54, 1.807) is 18.2 Å². The van der Waals surface area contributed by atoms with Crippen LogP contribution in [0.1, 0.15) is 64.2 Å². The zero-order chi connectivity index (χ0) is 24.4. The number of alkyl halides is 2. The maximum absolute atomic E-state index is 13.8. The summed E-state index contributed by atoms with van der Waals surface area (Å²) in [4.78, 5) is 18.7. The van der Waals surface area contributed by atoms with Gasteiger partial charge >= 0.3 is 6.61 Å². The molecule has 2 aromatic carbocycles. The van der Waals surface area contributed by atoms with Crippen LogP contribution in [-0.2, 0) is 10.3 Å². The minimum atomic E-state index is -2.97. The van der Waals surface area contributed by atoms with Crippen molar-refractivity contribution in [3.05, 3.63) is 48.5 Å². The molecule has 1 amide bonds. The Morgan fingerprint density at radius 3 is 2.09 bits per heavy atom. The van der Waals surface area contributed by atoms with Crippen molar-refractivity contribution in [3.8, 4) is 17.1 Å². The maximum Gasteiger partial charge on any atom is 0.387 e. The van der Waals surface area contributed by atoms with Crippen molar-refractivity contribution in [2.45, 2.75) is 76.4 Å². The molecule has 2 N–H and O–H groups in total. The van der Waals surface area contributed by atoms with Crippen LogP contribution in [0.5, 0.6) is 5.75 Å². The van der Waals surface area contributed by atoms with Crippen molar-refractivity contribution >= 4 is 16.9 Å². The molecule has 2 aliphatic rings. The molecular formula is C28H33F2N3O2. The number of hydrogen-bond donors (Lipinski definition) is 1. The molecule has 0 aliphatic heterocycles. The topological polar surface area (TPSA) is 70.1 Å². The number of hydrogen-bond acceptors (Lipinski definition) is 3. The molecule has 0 spiro atoms. The van der Waals surface area contributed by atoms with Crippen molar-refractivity contribution in [2.24, 2.45) is 17.6 Å². The van der Waals surface area contributed by atoms with Gasteiger partial charge in [-0.05, 0) is 61.8 Å². The number of ether oxygens (including phenoxy) is 1. The van der Waals surface area contributed by atoms with E-state index in [2.05, 4.69) is 0 Å². The standard InChI is InChI=1S/C28H33F2N3O2/c29-27(30)35-24-18-10-7-15-21(24)25-32-22-16-8-9-17-23(22)33(25)28(26(31)34,19-11-3-1-4-12-19)20-13-5-2-6-14-20/h7-10,15-20,27H,1-6,11-14H2,(H2,31,34). The largest absolute Gasteiger partial charge is 0.434 e. The van der Waals surface area contributed by atoms with Gasteiger partial charge in [-0.15, -0.1) is 0 Å². The summed E-state index contributed by atoms with van der Waals surface area (Å²) in [5.41, 5.74) is 7.43. The second-order valence-electron chi connectivity index (χ2n) is 9.99. The van der Waals surface area contributed by atoms with Crippen LogP contribution >= 0.6 is 0 Å². The Morgan fingerprint density at radius 2 is 1.49 bits per heavy atom. The first-order chi connectivity index (χ1) is 17.0. The molecule has 0 unspecified atom stereocenters. The first kappa shape index (κ1) is 23.8. The first-order valence-electron chi connectivity index (χ1n) is 12.9. The number of carbonyl (C=O) groups is 1. The number of carbonyl (C=O) groups excluding carboxylic acids is 1. The van der Waals surface area contributed by atoms with Crippen molar-refractivity contribution in [3.63, 3.8) is 0 Å². The molecule has 186 valence electrons. The minimum absolute atomic E-state index is 0.0460. The SMILES string of the molecule is NC(=O)C(C1CCCCC1)(C1CCCCC1)n1c(-c2ccccc2OC(F)F)nc2ccccc21. The molecule has 3 aromatic rings. The van der Waals surface area contributed by atoms with Crippen molar-refractivity contribution in [2.75, 3.05) is 0 Å². The van der Waals surface area contributed by atoms with Crippen LogP contribution in [0.4, 0.5) is 8.78 Å². The number of halogens is 2. The van der Waals surface area contributed by atoms with Crippen LogP contribution < -0.4 is 10.5 Å². The number of para-hydroxylation sites is 3. The number of rotatable bonds is 7. The number of amides is 1. The summed E-state index contributed by atoms with van der Waals surface area (Å²) in [6, 6.07) is 14.4. The maximum atomic E-state index is 13.8. The smallest absolute Gasteiger partial charge is 0.387 e. The summed E-state index contributed by atoms with van der Waals surface area (Å²) in [6.07, 6.45) is 10.2.